The topological polar surface area (TPSA) is 49.5 Å². The van der Waals surface area contributed by atoms with Crippen LogP contribution in [0.2, 0.25) is 5.02 Å². The minimum atomic E-state index is -0.0537. The average Bonchev–Trinajstić information content (AvgIpc) is 2.42. The van der Waals surface area contributed by atoms with Crippen molar-refractivity contribution in [2.45, 2.75) is 51.7 Å². The highest BCUT2D eigenvalue weighted by atomic mass is 35.5. The molecule has 4 heteroatoms. The Hall–Kier alpha value is -0.610. The normalized spacial score (nSPS) is 14.8. The van der Waals surface area contributed by atoms with Crippen molar-refractivity contribution in [2.24, 2.45) is 5.73 Å². The monoisotopic (exact) mass is 298 g/mol. The summed E-state index contributed by atoms with van der Waals surface area (Å²) in [7, 11) is 0. The van der Waals surface area contributed by atoms with Gasteiger partial charge in [0.1, 0.15) is 0 Å². The maximum Gasteiger partial charge on any atom is 0.0558 e. The Bertz CT molecular complexity index is 394. The molecular weight excluding hydrogens is 272 g/mol. The van der Waals surface area contributed by atoms with Crippen LogP contribution in [0.3, 0.4) is 0 Å². The van der Waals surface area contributed by atoms with Gasteiger partial charge < -0.3 is 10.8 Å². The highest BCUT2D eigenvalue weighted by molar-refractivity contribution is 6.31. The summed E-state index contributed by atoms with van der Waals surface area (Å²) in [5, 5.41) is 10.1. The second-order valence-corrected chi connectivity index (χ2v) is 5.66. The van der Waals surface area contributed by atoms with E-state index in [1.54, 1.807) is 0 Å². The summed E-state index contributed by atoms with van der Waals surface area (Å²) in [5.41, 5.74) is 7.28. The molecule has 0 saturated heterocycles. The van der Waals surface area contributed by atoms with Crippen LogP contribution < -0.4 is 5.73 Å². The van der Waals surface area contributed by atoms with Crippen LogP contribution in [0.4, 0.5) is 0 Å². The molecule has 20 heavy (non-hydrogen) atoms. The predicted molar refractivity (Wildman–Crippen MR) is 86.0 cm³/mol. The van der Waals surface area contributed by atoms with Crippen LogP contribution in [0.5, 0.6) is 0 Å². The maximum absolute atomic E-state index is 9.41. The van der Waals surface area contributed by atoms with E-state index in [0.717, 1.165) is 23.4 Å². The second-order valence-electron chi connectivity index (χ2n) is 5.26. The molecule has 1 aromatic rings. The number of benzene rings is 1. The number of hydrogen-bond acceptors (Lipinski definition) is 3. The van der Waals surface area contributed by atoms with Gasteiger partial charge in [0.2, 0.25) is 0 Å². The first kappa shape index (κ1) is 17.4. The summed E-state index contributed by atoms with van der Waals surface area (Å²) in [6, 6.07) is 8.22. The van der Waals surface area contributed by atoms with Gasteiger partial charge in [-0.3, -0.25) is 4.90 Å². The van der Waals surface area contributed by atoms with Crippen molar-refractivity contribution >= 4 is 11.6 Å². The smallest absolute Gasteiger partial charge is 0.0558 e. The van der Waals surface area contributed by atoms with Crippen LogP contribution >= 0.6 is 11.6 Å². The third-order valence-electron chi connectivity index (χ3n) is 3.85. The first-order valence-corrected chi connectivity index (χ1v) is 7.81. The number of halogens is 1. The number of nitrogens with two attached hydrogens (primary N) is 1. The van der Waals surface area contributed by atoms with Crippen molar-refractivity contribution in [2.75, 3.05) is 13.2 Å². The third kappa shape index (κ3) is 4.19. The molecule has 0 heterocycles. The summed E-state index contributed by atoms with van der Waals surface area (Å²) in [4.78, 5) is 2.30. The lowest BCUT2D eigenvalue weighted by Gasteiger charge is -2.39. The molecule has 0 aliphatic rings. The Kier molecular flexibility index (Phi) is 7.52. The van der Waals surface area contributed by atoms with Crippen molar-refractivity contribution in [3.05, 3.63) is 34.9 Å². The van der Waals surface area contributed by atoms with Crippen LogP contribution in [-0.4, -0.2) is 35.2 Å². The first-order chi connectivity index (χ1) is 9.56. The summed E-state index contributed by atoms with van der Waals surface area (Å²) in [6.45, 7) is 7.08. The van der Waals surface area contributed by atoms with Gasteiger partial charge in [-0.1, -0.05) is 43.6 Å². The van der Waals surface area contributed by atoms with Gasteiger partial charge in [-0.2, -0.15) is 0 Å². The summed E-state index contributed by atoms with van der Waals surface area (Å²) >= 11 is 6.35. The Morgan fingerprint density at radius 1 is 1.25 bits per heavy atom. The van der Waals surface area contributed by atoms with E-state index < -0.39 is 0 Å². The van der Waals surface area contributed by atoms with Crippen LogP contribution in [0.25, 0.3) is 0 Å². The van der Waals surface area contributed by atoms with E-state index in [-0.39, 0.29) is 18.7 Å². The first-order valence-electron chi connectivity index (χ1n) is 7.43. The van der Waals surface area contributed by atoms with Gasteiger partial charge in [-0.05, 0) is 31.4 Å². The Morgan fingerprint density at radius 3 is 2.30 bits per heavy atom. The summed E-state index contributed by atoms with van der Waals surface area (Å²) < 4.78 is 0. The molecule has 0 radical (unpaired) electrons. The lowest BCUT2D eigenvalue weighted by Crippen LogP contribution is -2.46. The number of aliphatic hydroxyl groups is 1. The molecule has 2 atom stereocenters. The molecule has 3 N–H and O–H groups in total. The third-order valence-corrected chi connectivity index (χ3v) is 4.19. The van der Waals surface area contributed by atoms with E-state index in [0.29, 0.717) is 12.6 Å². The Morgan fingerprint density at radius 2 is 1.85 bits per heavy atom. The molecule has 1 aromatic carbocycles. The van der Waals surface area contributed by atoms with Crippen LogP contribution in [0, 0.1) is 0 Å². The number of rotatable bonds is 8. The molecule has 0 spiro atoms. The van der Waals surface area contributed by atoms with E-state index in [1.807, 2.05) is 31.2 Å². The van der Waals surface area contributed by atoms with Crippen LogP contribution in [-0.2, 0) is 0 Å². The van der Waals surface area contributed by atoms with E-state index in [9.17, 15) is 5.11 Å². The van der Waals surface area contributed by atoms with Crippen molar-refractivity contribution in [3.8, 4) is 0 Å². The van der Waals surface area contributed by atoms with Crippen LogP contribution in [0.15, 0.2) is 24.3 Å². The van der Waals surface area contributed by atoms with Gasteiger partial charge in [0.05, 0.1) is 12.6 Å². The highest BCUT2D eigenvalue weighted by Gasteiger charge is 2.29. The number of nitrogens with zero attached hydrogens (tertiary/aromatic N) is 1. The van der Waals surface area contributed by atoms with E-state index >= 15 is 0 Å². The summed E-state index contributed by atoms with van der Waals surface area (Å²) in [6.07, 6.45) is 2.06. The van der Waals surface area contributed by atoms with Gasteiger partial charge in [-0.25, -0.2) is 0 Å². The van der Waals surface area contributed by atoms with E-state index in [4.69, 9.17) is 17.3 Å². The van der Waals surface area contributed by atoms with Crippen LogP contribution in [0.1, 0.15) is 45.2 Å². The Labute approximate surface area is 127 Å². The fraction of sp³-hybridized carbons (Fsp3) is 0.625. The maximum atomic E-state index is 9.41. The standard InChI is InChI=1S/C16H27ClN2O/c1-4-13(5-2)19(10-11-20)16(12(3)18)14-8-6-7-9-15(14)17/h6-9,12-13,16,20H,4-5,10-11,18H2,1-3H3. The molecular formula is C16H27ClN2O. The van der Waals surface area contributed by atoms with E-state index in [1.165, 1.54) is 0 Å². The lowest BCUT2D eigenvalue weighted by atomic mass is 9.96. The van der Waals surface area contributed by atoms with Gasteiger partial charge in [0, 0.05) is 23.7 Å². The zero-order valence-corrected chi connectivity index (χ0v) is 13.5. The minimum Gasteiger partial charge on any atom is -0.395 e. The van der Waals surface area contributed by atoms with Crippen molar-refractivity contribution in [1.29, 1.82) is 0 Å². The molecule has 0 fully saturated rings. The molecule has 3 nitrogen and oxygen atoms in total. The molecule has 2 unspecified atom stereocenters. The zero-order chi connectivity index (χ0) is 15.1. The van der Waals surface area contributed by atoms with Crippen molar-refractivity contribution in [3.63, 3.8) is 0 Å². The highest BCUT2D eigenvalue weighted by Crippen LogP contribution is 2.32. The summed E-state index contributed by atoms with van der Waals surface area (Å²) in [5.74, 6) is 0. The zero-order valence-electron chi connectivity index (χ0n) is 12.7. The van der Waals surface area contributed by atoms with Gasteiger partial charge in [0.25, 0.3) is 0 Å². The molecule has 0 aromatic heterocycles. The molecule has 0 saturated carbocycles. The predicted octanol–water partition coefficient (Wildman–Crippen LogP) is 3.21. The molecule has 0 bridgehead atoms. The molecule has 1 rings (SSSR count). The van der Waals surface area contributed by atoms with Gasteiger partial charge in [-0.15, -0.1) is 0 Å². The minimum absolute atomic E-state index is 0.0285. The molecule has 0 aliphatic heterocycles. The number of aliphatic hydroxyl groups excluding tert-OH is 1. The molecule has 0 aliphatic carbocycles. The largest absolute Gasteiger partial charge is 0.395 e. The second kappa shape index (κ2) is 8.63. The fourth-order valence-corrected chi connectivity index (χ4v) is 3.15. The lowest BCUT2D eigenvalue weighted by molar-refractivity contribution is 0.0852. The Balaban J connectivity index is 3.18. The number of hydrogen-bond donors (Lipinski definition) is 2. The molecule has 114 valence electrons. The van der Waals surface area contributed by atoms with E-state index in [2.05, 4.69) is 18.7 Å². The average molecular weight is 299 g/mol. The fourth-order valence-electron chi connectivity index (χ4n) is 2.90. The van der Waals surface area contributed by atoms with Gasteiger partial charge >= 0.3 is 0 Å². The van der Waals surface area contributed by atoms with Crippen molar-refractivity contribution < 1.29 is 5.11 Å². The van der Waals surface area contributed by atoms with Gasteiger partial charge in [0.15, 0.2) is 0 Å². The quantitative estimate of drug-likeness (QED) is 0.775. The SMILES string of the molecule is CCC(CC)N(CCO)C(c1ccccc1Cl)C(C)N. The van der Waals surface area contributed by atoms with Crippen molar-refractivity contribution in [1.82, 2.24) is 4.90 Å². The molecule has 0 amide bonds.